The molecular weight excluding hydrogens is 294 g/mol. The molecule has 6 nitrogen and oxygen atoms in total. The van der Waals surface area contributed by atoms with E-state index in [4.69, 9.17) is 5.11 Å². The maximum Gasteiger partial charge on any atom is 0.308 e. The number of carbonyl (C=O) groups is 2. The molecule has 1 saturated heterocycles. The molecule has 6 heteroatoms. The van der Waals surface area contributed by atoms with Crippen molar-refractivity contribution in [2.24, 2.45) is 5.92 Å². The molecule has 0 unspecified atom stereocenters. The summed E-state index contributed by atoms with van der Waals surface area (Å²) < 4.78 is 1.80. The average Bonchev–Trinajstić information content (AvgIpc) is 3.07. The van der Waals surface area contributed by atoms with Gasteiger partial charge in [-0.3, -0.25) is 14.3 Å². The normalized spacial score (nSPS) is 17.9. The first-order valence-corrected chi connectivity index (χ1v) is 7.72. The van der Waals surface area contributed by atoms with Crippen LogP contribution in [0.15, 0.2) is 42.7 Å². The molecule has 2 heterocycles. The number of hydrogen-bond donors (Lipinski definition) is 1. The highest BCUT2D eigenvalue weighted by molar-refractivity contribution is 5.94. The van der Waals surface area contributed by atoms with Crippen LogP contribution in [0.3, 0.4) is 0 Å². The Bertz CT molecular complexity index is 697. The summed E-state index contributed by atoms with van der Waals surface area (Å²) in [4.78, 5) is 25.4. The van der Waals surface area contributed by atoms with E-state index in [0.717, 1.165) is 12.0 Å². The van der Waals surface area contributed by atoms with E-state index in [1.165, 1.54) is 0 Å². The molecule has 1 atom stereocenters. The Kier molecular flexibility index (Phi) is 4.41. The van der Waals surface area contributed by atoms with Crippen LogP contribution in [-0.2, 0) is 11.3 Å². The van der Waals surface area contributed by atoms with Crippen LogP contribution in [-0.4, -0.2) is 44.8 Å². The Labute approximate surface area is 134 Å². The fraction of sp³-hybridized carbons (Fsp3) is 0.353. The summed E-state index contributed by atoms with van der Waals surface area (Å²) in [6.45, 7) is 1.51. The molecule has 1 amide bonds. The van der Waals surface area contributed by atoms with Gasteiger partial charge in [-0.1, -0.05) is 12.1 Å². The minimum absolute atomic E-state index is 0.0988. The van der Waals surface area contributed by atoms with Crippen LogP contribution in [0.25, 0.3) is 0 Å². The molecule has 0 aliphatic carbocycles. The zero-order valence-electron chi connectivity index (χ0n) is 12.8. The van der Waals surface area contributed by atoms with Crippen molar-refractivity contribution in [1.82, 2.24) is 14.7 Å². The predicted octanol–water partition coefficient (Wildman–Crippen LogP) is 1.87. The first-order chi connectivity index (χ1) is 11.1. The maximum absolute atomic E-state index is 12.6. The SMILES string of the molecule is O=C(O)[C@H]1CCCN(C(=O)c2cccc(Cn3cccn3)c2)C1. The number of benzene rings is 1. The van der Waals surface area contributed by atoms with Crippen molar-refractivity contribution in [3.05, 3.63) is 53.9 Å². The van der Waals surface area contributed by atoms with E-state index in [1.54, 1.807) is 21.8 Å². The van der Waals surface area contributed by atoms with Gasteiger partial charge >= 0.3 is 5.97 Å². The Morgan fingerprint density at radius 2 is 2.17 bits per heavy atom. The molecule has 2 aromatic rings. The average molecular weight is 313 g/mol. The van der Waals surface area contributed by atoms with E-state index in [1.807, 2.05) is 30.5 Å². The number of aliphatic carboxylic acids is 1. The molecule has 0 radical (unpaired) electrons. The molecule has 1 aromatic heterocycles. The van der Waals surface area contributed by atoms with Crippen LogP contribution in [0, 0.1) is 5.92 Å². The molecule has 0 bridgehead atoms. The van der Waals surface area contributed by atoms with Crippen molar-refractivity contribution in [3.8, 4) is 0 Å². The summed E-state index contributed by atoms with van der Waals surface area (Å²) in [6.07, 6.45) is 4.96. The number of carboxylic acids is 1. The minimum atomic E-state index is -0.824. The van der Waals surface area contributed by atoms with Crippen LogP contribution in [0.2, 0.25) is 0 Å². The first-order valence-electron chi connectivity index (χ1n) is 7.72. The van der Waals surface area contributed by atoms with Crippen molar-refractivity contribution < 1.29 is 14.7 Å². The van der Waals surface area contributed by atoms with Gasteiger partial charge < -0.3 is 10.0 Å². The standard InChI is InChI=1S/C17H19N3O3/c21-16(19-8-2-6-15(12-19)17(22)23)14-5-1-4-13(10-14)11-20-9-3-7-18-20/h1,3-5,7,9-10,15H,2,6,8,11-12H2,(H,22,23)/t15-/m0/s1. The van der Waals surface area contributed by atoms with E-state index in [0.29, 0.717) is 25.1 Å². The van der Waals surface area contributed by atoms with E-state index < -0.39 is 11.9 Å². The fourth-order valence-corrected chi connectivity index (χ4v) is 2.93. The number of carbonyl (C=O) groups excluding carboxylic acids is 1. The number of aromatic nitrogens is 2. The van der Waals surface area contributed by atoms with Crippen LogP contribution in [0.5, 0.6) is 0 Å². The van der Waals surface area contributed by atoms with Gasteiger partial charge in [-0.15, -0.1) is 0 Å². The third-order valence-corrected chi connectivity index (χ3v) is 4.14. The Morgan fingerprint density at radius 3 is 2.91 bits per heavy atom. The molecule has 1 aliphatic rings. The Balaban J connectivity index is 1.73. The highest BCUT2D eigenvalue weighted by atomic mass is 16.4. The van der Waals surface area contributed by atoms with Crippen molar-refractivity contribution in [3.63, 3.8) is 0 Å². The Hall–Kier alpha value is -2.63. The highest BCUT2D eigenvalue weighted by Crippen LogP contribution is 2.19. The van der Waals surface area contributed by atoms with Crippen LogP contribution < -0.4 is 0 Å². The number of amides is 1. The van der Waals surface area contributed by atoms with Gasteiger partial charge in [0.15, 0.2) is 0 Å². The lowest BCUT2D eigenvalue weighted by molar-refractivity contribution is -0.143. The van der Waals surface area contributed by atoms with Gasteiger partial charge in [-0.05, 0) is 36.6 Å². The van der Waals surface area contributed by atoms with Crippen LogP contribution in [0.4, 0.5) is 0 Å². The molecule has 1 N–H and O–H groups in total. The largest absolute Gasteiger partial charge is 0.481 e. The van der Waals surface area contributed by atoms with Gasteiger partial charge in [0.1, 0.15) is 0 Å². The number of carboxylic acid groups (broad SMARTS) is 1. The summed E-state index contributed by atoms with van der Waals surface area (Å²) in [7, 11) is 0. The molecule has 23 heavy (non-hydrogen) atoms. The van der Waals surface area contributed by atoms with E-state index >= 15 is 0 Å². The Morgan fingerprint density at radius 1 is 1.30 bits per heavy atom. The second-order valence-corrected chi connectivity index (χ2v) is 5.83. The van der Waals surface area contributed by atoms with Gasteiger partial charge in [0.25, 0.3) is 5.91 Å². The quantitative estimate of drug-likeness (QED) is 0.935. The summed E-state index contributed by atoms with van der Waals surface area (Å²) in [5, 5.41) is 13.3. The third kappa shape index (κ3) is 3.59. The number of hydrogen-bond acceptors (Lipinski definition) is 3. The number of likely N-dealkylation sites (tertiary alicyclic amines) is 1. The molecule has 1 aliphatic heterocycles. The van der Waals surface area contributed by atoms with Crippen molar-refractivity contribution in [2.45, 2.75) is 19.4 Å². The van der Waals surface area contributed by atoms with Gasteiger partial charge in [0.2, 0.25) is 0 Å². The highest BCUT2D eigenvalue weighted by Gasteiger charge is 2.28. The van der Waals surface area contributed by atoms with Gasteiger partial charge in [0, 0.05) is 31.0 Å². The molecule has 1 aromatic carbocycles. The lowest BCUT2D eigenvalue weighted by atomic mass is 9.97. The smallest absolute Gasteiger partial charge is 0.308 e. The molecule has 0 spiro atoms. The van der Waals surface area contributed by atoms with E-state index in [-0.39, 0.29) is 12.5 Å². The number of nitrogens with zero attached hydrogens (tertiary/aromatic N) is 3. The lowest BCUT2D eigenvalue weighted by Gasteiger charge is -2.30. The lowest BCUT2D eigenvalue weighted by Crippen LogP contribution is -2.42. The summed E-state index contributed by atoms with van der Waals surface area (Å²) in [5.74, 6) is -1.38. The van der Waals surface area contributed by atoms with Crippen molar-refractivity contribution >= 4 is 11.9 Å². The number of rotatable bonds is 4. The molecule has 1 fully saturated rings. The molecular formula is C17H19N3O3. The zero-order valence-corrected chi connectivity index (χ0v) is 12.8. The van der Waals surface area contributed by atoms with E-state index in [2.05, 4.69) is 5.10 Å². The van der Waals surface area contributed by atoms with Crippen molar-refractivity contribution in [2.75, 3.05) is 13.1 Å². The summed E-state index contributed by atoms with van der Waals surface area (Å²) in [5.41, 5.74) is 1.59. The third-order valence-electron chi connectivity index (χ3n) is 4.14. The minimum Gasteiger partial charge on any atom is -0.481 e. The summed E-state index contributed by atoms with van der Waals surface area (Å²) in [6, 6.07) is 9.29. The topological polar surface area (TPSA) is 75.4 Å². The maximum atomic E-state index is 12.6. The van der Waals surface area contributed by atoms with E-state index in [9.17, 15) is 9.59 Å². The van der Waals surface area contributed by atoms with Gasteiger partial charge in [-0.25, -0.2) is 0 Å². The van der Waals surface area contributed by atoms with Crippen LogP contribution in [0.1, 0.15) is 28.8 Å². The molecule has 3 rings (SSSR count). The zero-order chi connectivity index (χ0) is 16.2. The van der Waals surface area contributed by atoms with Gasteiger partial charge in [0.05, 0.1) is 12.5 Å². The van der Waals surface area contributed by atoms with Gasteiger partial charge in [-0.2, -0.15) is 5.10 Å². The molecule has 0 saturated carbocycles. The summed E-state index contributed by atoms with van der Waals surface area (Å²) >= 11 is 0. The molecule has 120 valence electrons. The second-order valence-electron chi connectivity index (χ2n) is 5.83. The second kappa shape index (κ2) is 6.64. The fourth-order valence-electron chi connectivity index (χ4n) is 2.93. The monoisotopic (exact) mass is 313 g/mol. The number of piperidine rings is 1. The first kappa shape index (κ1) is 15.3. The van der Waals surface area contributed by atoms with Crippen LogP contribution >= 0.6 is 0 Å². The van der Waals surface area contributed by atoms with Crippen molar-refractivity contribution in [1.29, 1.82) is 0 Å². The predicted molar refractivity (Wildman–Crippen MR) is 84.0 cm³/mol.